The maximum Gasteiger partial charge on any atom is 0.238 e. The number of nitrogens with one attached hydrogen (secondary N) is 2. The largest absolute Gasteiger partial charge is 0.333 e. The lowest BCUT2D eigenvalue weighted by molar-refractivity contribution is -0.115. The molecular weight excluding hydrogens is 390 g/mol. The molecule has 0 radical (unpaired) electrons. The number of para-hydroxylation sites is 2. The summed E-state index contributed by atoms with van der Waals surface area (Å²) in [6, 6.07) is 10.1. The van der Waals surface area contributed by atoms with Crippen LogP contribution in [0.15, 0.2) is 29.4 Å². The highest BCUT2D eigenvalue weighted by Crippen LogP contribution is 2.37. The monoisotopic (exact) mass is 411 g/mol. The van der Waals surface area contributed by atoms with Crippen LogP contribution in [0.4, 0.5) is 5.00 Å². The average molecular weight is 412 g/mol. The lowest BCUT2D eigenvalue weighted by Crippen LogP contribution is -2.25. The molecule has 3 aromatic rings. The first-order chi connectivity index (χ1) is 13.6. The van der Waals surface area contributed by atoms with Crippen LogP contribution >= 0.6 is 23.1 Å². The standard InChI is InChI=1S/C20H21N5OS2/c1-3-16(28-20-22-14-6-4-5-7-15(14)23-20)18(26)24-19-13(10-21)12-8-9-25(2)11-17(12)27-19/h4-7,16H,3,8-9,11H2,1-2H3,(H,22,23)(H,24,26). The third-order valence-electron chi connectivity index (χ3n) is 4.88. The number of nitrogens with zero attached hydrogens (tertiary/aromatic N) is 3. The Labute approximate surface area is 172 Å². The van der Waals surface area contributed by atoms with Crippen molar-refractivity contribution >= 4 is 45.0 Å². The van der Waals surface area contributed by atoms with Gasteiger partial charge in [-0.15, -0.1) is 11.3 Å². The summed E-state index contributed by atoms with van der Waals surface area (Å²) in [5.41, 5.74) is 3.58. The molecule has 2 aromatic heterocycles. The van der Waals surface area contributed by atoms with Crippen molar-refractivity contribution in [2.75, 3.05) is 18.9 Å². The maximum atomic E-state index is 12.9. The Bertz CT molecular complexity index is 1030. The molecule has 1 amide bonds. The Morgan fingerprint density at radius 1 is 1.50 bits per heavy atom. The molecule has 3 heterocycles. The number of carbonyl (C=O) groups is 1. The highest BCUT2D eigenvalue weighted by Gasteiger charge is 2.26. The molecule has 0 saturated heterocycles. The van der Waals surface area contributed by atoms with E-state index in [4.69, 9.17) is 0 Å². The number of imidazole rings is 1. The van der Waals surface area contributed by atoms with Gasteiger partial charge in [0.05, 0.1) is 21.8 Å². The molecule has 0 fully saturated rings. The molecule has 8 heteroatoms. The minimum atomic E-state index is -0.283. The zero-order chi connectivity index (χ0) is 19.7. The Morgan fingerprint density at radius 2 is 2.32 bits per heavy atom. The van der Waals surface area contributed by atoms with E-state index in [1.165, 1.54) is 28.0 Å². The fourth-order valence-corrected chi connectivity index (χ4v) is 5.58. The van der Waals surface area contributed by atoms with Crippen molar-refractivity contribution < 1.29 is 4.79 Å². The number of nitriles is 1. The SMILES string of the molecule is CCC(Sc1nc2ccccc2[nH]1)C(=O)Nc1sc2c(c1C#N)CCN(C)C2. The summed E-state index contributed by atoms with van der Waals surface area (Å²) in [6.07, 6.45) is 1.52. The molecule has 28 heavy (non-hydrogen) atoms. The van der Waals surface area contributed by atoms with Crippen LogP contribution in [0.2, 0.25) is 0 Å². The number of aromatic amines is 1. The van der Waals surface area contributed by atoms with Crippen molar-refractivity contribution in [1.82, 2.24) is 14.9 Å². The van der Waals surface area contributed by atoms with Crippen molar-refractivity contribution in [3.05, 3.63) is 40.3 Å². The molecule has 0 aliphatic carbocycles. The van der Waals surface area contributed by atoms with Crippen molar-refractivity contribution in [2.24, 2.45) is 0 Å². The summed E-state index contributed by atoms with van der Waals surface area (Å²) in [5.74, 6) is -0.0867. The summed E-state index contributed by atoms with van der Waals surface area (Å²) in [7, 11) is 2.07. The van der Waals surface area contributed by atoms with E-state index in [2.05, 4.69) is 33.3 Å². The molecule has 0 bridgehead atoms. The second-order valence-electron chi connectivity index (χ2n) is 6.87. The van der Waals surface area contributed by atoms with Gasteiger partial charge in [-0.3, -0.25) is 4.79 Å². The van der Waals surface area contributed by atoms with Gasteiger partial charge in [0.2, 0.25) is 5.91 Å². The molecule has 1 aliphatic rings. The Morgan fingerprint density at radius 3 is 3.07 bits per heavy atom. The predicted molar refractivity (Wildman–Crippen MR) is 114 cm³/mol. The summed E-state index contributed by atoms with van der Waals surface area (Å²) >= 11 is 2.95. The number of thioether (sulfide) groups is 1. The smallest absolute Gasteiger partial charge is 0.238 e. The Kier molecular flexibility index (Phi) is 5.40. The third kappa shape index (κ3) is 3.65. The van der Waals surface area contributed by atoms with E-state index < -0.39 is 0 Å². The second-order valence-corrected chi connectivity index (χ2v) is 9.17. The number of fused-ring (bicyclic) bond motifs is 2. The average Bonchev–Trinajstić information content (AvgIpc) is 3.25. The summed E-state index contributed by atoms with van der Waals surface area (Å²) in [4.78, 5) is 24.2. The van der Waals surface area contributed by atoms with Gasteiger partial charge in [-0.1, -0.05) is 30.8 Å². The molecule has 4 rings (SSSR count). The highest BCUT2D eigenvalue weighted by atomic mass is 32.2. The predicted octanol–water partition coefficient (Wildman–Crippen LogP) is 3.99. The van der Waals surface area contributed by atoms with Crippen LogP contribution in [0.5, 0.6) is 0 Å². The maximum absolute atomic E-state index is 12.9. The van der Waals surface area contributed by atoms with Crippen LogP contribution < -0.4 is 5.32 Å². The third-order valence-corrected chi connectivity index (χ3v) is 7.26. The molecule has 6 nitrogen and oxygen atoms in total. The van der Waals surface area contributed by atoms with Crippen LogP contribution in [0, 0.1) is 11.3 Å². The van der Waals surface area contributed by atoms with Crippen LogP contribution in [0.1, 0.15) is 29.3 Å². The lowest BCUT2D eigenvalue weighted by Gasteiger charge is -2.21. The molecular formula is C20H21N5OS2. The summed E-state index contributed by atoms with van der Waals surface area (Å²) in [6.45, 7) is 3.75. The van der Waals surface area contributed by atoms with Gasteiger partial charge in [-0.25, -0.2) is 4.98 Å². The number of amides is 1. The number of rotatable bonds is 5. The van der Waals surface area contributed by atoms with E-state index in [0.29, 0.717) is 17.0 Å². The summed E-state index contributed by atoms with van der Waals surface area (Å²) in [5, 5.41) is 13.8. The van der Waals surface area contributed by atoms with Gasteiger partial charge in [0.15, 0.2) is 5.16 Å². The topological polar surface area (TPSA) is 84.8 Å². The van der Waals surface area contributed by atoms with Gasteiger partial charge < -0.3 is 15.2 Å². The molecule has 1 aromatic carbocycles. The van der Waals surface area contributed by atoms with E-state index in [0.717, 1.165) is 41.3 Å². The Balaban J connectivity index is 1.52. The lowest BCUT2D eigenvalue weighted by atomic mass is 10.0. The summed E-state index contributed by atoms with van der Waals surface area (Å²) < 4.78 is 0. The van der Waals surface area contributed by atoms with E-state index in [1.807, 2.05) is 31.2 Å². The van der Waals surface area contributed by atoms with Crippen molar-refractivity contribution in [3.63, 3.8) is 0 Å². The number of H-pyrrole nitrogens is 1. The second kappa shape index (κ2) is 7.95. The fourth-order valence-electron chi connectivity index (χ4n) is 3.37. The molecule has 0 saturated carbocycles. The number of likely N-dealkylation sites (N-methyl/N-ethyl adjacent to an activating group) is 1. The first kappa shape index (κ1) is 19.0. The van der Waals surface area contributed by atoms with Gasteiger partial charge in [-0.2, -0.15) is 5.26 Å². The van der Waals surface area contributed by atoms with Crippen molar-refractivity contribution in [3.8, 4) is 6.07 Å². The molecule has 1 unspecified atom stereocenters. The first-order valence-corrected chi connectivity index (χ1v) is 10.9. The number of hydrogen-bond acceptors (Lipinski definition) is 6. The molecule has 144 valence electrons. The van der Waals surface area contributed by atoms with Crippen LogP contribution in [0.3, 0.4) is 0 Å². The first-order valence-electron chi connectivity index (χ1n) is 9.24. The van der Waals surface area contributed by atoms with Crippen LogP contribution in [0.25, 0.3) is 11.0 Å². The van der Waals surface area contributed by atoms with Gasteiger partial charge in [0, 0.05) is 18.0 Å². The highest BCUT2D eigenvalue weighted by molar-refractivity contribution is 8.00. The fraction of sp³-hybridized carbons (Fsp3) is 0.350. The zero-order valence-electron chi connectivity index (χ0n) is 15.8. The van der Waals surface area contributed by atoms with Crippen LogP contribution in [-0.4, -0.2) is 39.6 Å². The van der Waals surface area contributed by atoms with E-state index in [-0.39, 0.29) is 11.2 Å². The minimum absolute atomic E-state index is 0.0867. The Hall–Kier alpha value is -2.34. The zero-order valence-corrected chi connectivity index (χ0v) is 17.4. The molecule has 0 spiro atoms. The van der Waals surface area contributed by atoms with E-state index in [9.17, 15) is 10.1 Å². The van der Waals surface area contributed by atoms with Gasteiger partial charge in [-0.05, 0) is 37.6 Å². The van der Waals surface area contributed by atoms with Crippen LogP contribution in [-0.2, 0) is 17.8 Å². The minimum Gasteiger partial charge on any atom is -0.333 e. The van der Waals surface area contributed by atoms with Gasteiger partial charge >= 0.3 is 0 Å². The molecule has 1 aliphatic heterocycles. The molecule has 1 atom stereocenters. The van der Waals surface area contributed by atoms with Crippen molar-refractivity contribution in [1.29, 1.82) is 5.26 Å². The number of hydrogen-bond donors (Lipinski definition) is 2. The quantitative estimate of drug-likeness (QED) is 0.620. The number of carbonyl (C=O) groups excluding carboxylic acids is 1. The number of aromatic nitrogens is 2. The number of benzene rings is 1. The number of anilines is 1. The normalized spacial score (nSPS) is 15.2. The van der Waals surface area contributed by atoms with Crippen molar-refractivity contribution in [2.45, 2.75) is 36.7 Å². The molecule has 2 N–H and O–H groups in total. The number of thiophene rings is 1. The van der Waals surface area contributed by atoms with Gasteiger partial charge in [0.1, 0.15) is 11.1 Å². The van der Waals surface area contributed by atoms with E-state index in [1.54, 1.807) is 0 Å². The van der Waals surface area contributed by atoms with E-state index >= 15 is 0 Å². The van der Waals surface area contributed by atoms with Gasteiger partial charge in [0.25, 0.3) is 0 Å².